The Hall–Kier alpha value is -1.57. The van der Waals surface area contributed by atoms with Crippen LogP contribution >= 0.6 is 15.9 Å². The zero-order valence-corrected chi connectivity index (χ0v) is 11.0. The Morgan fingerprint density at radius 2 is 2.11 bits per heavy atom. The largest absolute Gasteiger partial charge is 0.482 e. The van der Waals surface area contributed by atoms with Crippen LogP contribution in [-0.2, 0) is 4.79 Å². The number of amides is 1. The lowest BCUT2D eigenvalue weighted by atomic mass is 10.2. The highest BCUT2D eigenvalue weighted by molar-refractivity contribution is 9.10. The molecule has 0 aliphatic heterocycles. The predicted molar refractivity (Wildman–Crippen MR) is 64.1 cm³/mol. The number of halogens is 4. The molecule has 0 aliphatic carbocycles. The van der Waals surface area contributed by atoms with Crippen molar-refractivity contribution < 1.29 is 27.5 Å². The number of carbonyl (C=O) groups is 2. The number of rotatable bonds is 5. The minimum absolute atomic E-state index is 0.111. The molecule has 19 heavy (non-hydrogen) atoms. The molecule has 0 aromatic heterocycles. The molecule has 0 heterocycles. The molecule has 0 aliphatic rings. The van der Waals surface area contributed by atoms with Gasteiger partial charge in [0.15, 0.2) is 12.9 Å². The number of carbonyl (C=O) groups excluding carboxylic acids is 2. The lowest BCUT2D eigenvalue weighted by Crippen LogP contribution is -2.36. The van der Waals surface area contributed by atoms with Gasteiger partial charge < -0.3 is 10.1 Å². The molecule has 0 saturated carbocycles. The van der Waals surface area contributed by atoms with Crippen LogP contribution in [-0.4, -0.2) is 31.5 Å². The summed E-state index contributed by atoms with van der Waals surface area (Å²) in [7, 11) is 0. The maximum absolute atomic E-state index is 11.9. The van der Waals surface area contributed by atoms with Crippen LogP contribution in [0.3, 0.4) is 0 Å². The van der Waals surface area contributed by atoms with Gasteiger partial charge in [0.25, 0.3) is 5.91 Å². The van der Waals surface area contributed by atoms with Crippen LogP contribution in [0.2, 0.25) is 0 Å². The first-order chi connectivity index (χ1) is 8.83. The van der Waals surface area contributed by atoms with Crippen molar-refractivity contribution in [2.24, 2.45) is 0 Å². The van der Waals surface area contributed by atoms with Crippen molar-refractivity contribution in [2.45, 2.75) is 6.18 Å². The van der Waals surface area contributed by atoms with Gasteiger partial charge in [0, 0.05) is 0 Å². The fourth-order valence-corrected chi connectivity index (χ4v) is 1.65. The van der Waals surface area contributed by atoms with Gasteiger partial charge in [-0.2, -0.15) is 13.2 Å². The molecule has 1 aromatic carbocycles. The molecular weight excluding hydrogens is 331 g/mol. The van der Waals surface area contributed by atoms with Crippen molar-refractivity contribution >= 4 is 28.1 Å². The summed E-state index contributed by atoms with van der Waals surface area (Å²) in [6, 6.07) is 4.63. The smallest absolute Gasteiger partial charge is 0.405 e. The van der Waals surface area contributed by atoms with Gasteiger partial charge in [0.1, 0.15) is 12.3 Å². The minimum atomic E-state index is -4.48. The van der Waals surface area contributed by atoms with Crippen molar-refractivity contribution in [1.29, 1.82) is 0 Å². The molecule has 1 amide bonds. The van der Waals surface area contributed by atoms with Crippen molar-refractivity contribution in [3.63, 3.8) is 0 Å². The van der Waals surface area contributed by atoms with E-state index in [2.05, 4.69) is 15.9 Å². The molecule has 1 rings (SSSR count). The number of hydrogen-bond donors (Lipinski definition) is 1. The summed E-state index contributed by atoms with van der Waals surface area (Å²) in [5.74, 6) is -0.815. The average molecular weight is 340 g/mol. The normalized spacial score (nSPS) is 10.9. The zero-order valence-electron chi connectivity index (χ0n) is 9.46. The third-order valence-corrected chi connectivity index (χ3v) is 2.58. The standard InChI is InChI=1S/C11H9BrF3NO3/c12-8-3-1-2-7(4-17)10(8)19-5-9(18)16-6-11(13,14)15/h1-4H,5-6H2,(H,16,18). The van der Waals surface area contributed by atoms with Gasteiger partial charge in [-0.3, -0.25) is 9.59 Å². The topological polar surface area (TPSA) is 55.4 Å². The van der Waals surface area contributed by atoms with Crippen molar-refractivity contribution in [3.8, 4) is 5.75 Å². The number of benzene rings is 1. The van der Waals surface area contributed by atoms with Crippen LogP contribution in [0.5, 0.6) is 5.75 Å². The van der Waals surface area contributed by atoms with E-state index in [0.717, 1.165) is 0 Å². The number of nitrogens with one attached hydrogen (secondary N) is 1. The molecule has 4 nitrogen and oxygen atoms in total. The molecule has 1 N–H and O–H groups in total. The van der Waals surface area contributed by atoms with Crippen molar-refractivity contribution in [1.82, 2.24) is 5.32 Å². The molecule has 0 saturated heterocycles. The Labute approximate surface area is 115 Å². The molecule has 0 unspecified atom stereocenters. The third kappa shape index (κ3) is 5.29. The SMILES string of the molecule is O=Cc1cccc(Br)c1OCC(=O)NCC(F)(F)F. The molecule has 104 valence electrons. The second kappa shape index (κ2) is 6.55. The Morgan fingerprint density at radius 1 is 1.42 bits per heavy atom. The van der Waals surface area contributed by atoms with E-state index >= 15 is 0 Å². The molecule has 0 fully saturated rings. The Balaban J connectivity index is 2.58. The maximum Gasteiger partial charge on any atom is 0.405 e. The number of para-hydroxylation sites is 1. The number of hydrogen-bond acceptors (Lipinski definition) is 3. The van der Waals surface area contributed by atoms with E-state index in [1.54, 1.807) is 17.4 Å². The fraction of sp³-hybridized carbons (Fsp3) is 0.273. The van der Waals surface area contributed by atoms with Crippen LogP contribution in [0, 0.1) is 0 Å². The van der Waals surface area contributed by atoms with E-state index < -0.39 is 25.2 Å². The Bertz CT molecular complexity index is 477. The first-order valence-corrected chi connectivity index (χ1v) is 5.82. The lowest BCUT2D eigenvalue weighted by Gasteiger charge is -2.11. The third-order valence-electron chi connectivity index (χ3n) is 1.96. The first kappa shape index (κ1) is 15.5. The van der Waals surface area contributed by atoms with Gasteiger partial charge >= 0.3 is 6.18 Å². The molecule has 0 spiro atoms. The first-order valence-electron chi connectivity index (χ1n) is 5.03. The molecule has 8 heteroatoms. The fourth-order valence-electron chi connectivity index (χ4n) is 1.16. The number of aldehydes is 1. The van der Waals surface area contributed by atoms with Crippen molar-refractivity contribution in [2.75, 3.05) is 13.2 Å². The number of ether oxygens (including phenoxy) is 1. The highest BCUT2D eigenvalue weighted by Crippen LogP contribution is 2.27. The van der Waals surface area contributed by atoms with E-state index in [4.69, 9.17) is 4.74 Å². The second-order valence-corrected chi connectivity index (χ2v) is 4.31. The Morgan fingerprint density at radius 3 is 2.68 bits per heavy atom. The van der Waals surface area contributed by atoms with Gasteiger partial charge in [0.05, 0.1) is 10.0 Å². The molecule has 0 bridgehead atoms. The van der Waals surface area contributed by atoms with E-state index in [1.165, 1.54) is 6.07 Å². The van der Waals surface area contributed by atoms with Gasteiger partial charge in [-0.05, 0) is 28.1 Å². The highest BCUT2D eigenvalue weighted by Gasteiger charge is 2.27. The quantitative estimate of drug-likeness (QED) is 0.837. The molecule has 0 atom stereocenters. The summed E-state index contributed by atoms with van der Waals surface area (Å²) in [4.78, 5) is 21.9. The van der Waals surface area contributed by atoms with Gasteiger partial charge in [-0.15, -0.1) is 0 Å². The van der Waals surface area contributed by atoms with Crippen LogP contribution in [0.25, 0.3) is 0 Å². The van der Waals surface area contributed by atoms with E-state index in [9.17, 15) is 22.8 Å². The van der Waals surface area contributed by atoms with Gasteiger partial charge in [-0.25, -0.2) is 0 Å². The zero-order chi connectivity index (χ0) is 14.5. The minimum Gasteiger partial charge on any atom is -0.482 e. The summed E-state index contributed by atoms with van der Waals surface area (Å²) < 4.78 is 41.0. The molecule has 0 radical (unpaired) electrons. The average Bonchev–Trinajstić information content (AvgIpc) is 2.33. The van der Waals surface area contributed by atoms with Crippen LogP contribution in [0.4, 0.5) is 13.2 Å². The molecule has 1 aromatic rings. The Kier molecular flexibility index (Phi) is 5.34. The number of alkyl halides is 3. The summed E-state index contributed by atoms with van der Waals surface area (Å²) in [6.07, 6.45) is -3.95. The highest BCUT2D eigenvalue weighted by atomic mass is 79.9. The second-order valence-electron chi connectivity index (χ2n) is 3.46. The van der Waals surface area contributed by atoms with Crippen LogP contribution in [0.15, 0.2) is 22.7 Å². The van der Waals surface area contributed by atoms with Gasteiger partial charge in [0.2, 0.25) is 0 Å². The maximum atomic E-state index is 11.9. The van der Waals surface area contributed by atoms with E-state index in [0.29, 0.717) is 10.8 Å². The van der Waals surface area contributed by atoms with Crippen LogP contribution in [0.1, 0.15) is 10.4 Å². The van der Waals surface area contributed by atoms with E-state index in [-0.39, 0.29) is 11.3 Å². The summed E-state index contributed by atoms with van der Waals surface area (Å²) in [5, 5.41) is 1.66. The van der Waals surface area contributed by atoms with Crippen LogP contribution < -0.4 is 10.1 Å². The summed E-state index contributed by atoms with van der Waals surface area (Å²) in [6.45, 7) is -2.04. The van der Waals surface area contributed by atoms with Gasteiger partial charge in [-0.1, -0.05) is 6.07 Å². The summed E-state index contributed by atoms with van der Waals surface area (Å²) >= 11 is 3.11. The lowest BCUT2D eigenvalue weighted by molar-refractivity contribution is -0.139. The monoisotopic (exact) mass is 339 g/mol. The van der Waals surface area contributed by atoms with E-state index in [1.807, 2.05) is 0 Å². The molecular formula is C11H9BrF3NO3. The predicted octanol–water partition coefficient (Wildman–Crippen LogP) is 2.32. The summed E-state index contributed by atoms with van der Waals surface area (Å²) in [5.41, 5.74) is 0.193. The van der Waals surface area contributed by atoms with Crippen molar-refractivity contribution in [3.05, 3.63) is 28.2 Å².